The van der Waals surface area contributed by atoms with Gasteiger partial charge in [0.05, 0.1) is 10.7 Å². The lowest BCUT2D eigenvalue weighted by Crippen LogP contribution is -2.22. The Labute approximate surface area is 108 Å². The third-order valence-electron chi connectivity index (χ3n) is 2.18. The van der Waals surface area contributed by atoms with Crippen molar-refractivity contribution in [2.45, 2.75) is 24.6 Å². The van der Waals surface area contributed by atoms with Gasteiger partial charge in [-0.25, -0.2) is 18.1 Å². The lowest BCUT2D eigenvalue weighted by atomic mass is 10.4. The quantitative estimate of drug-likeness (QED) is 0.939. The molecule has 0 saturated carbocycles. The molecule has 0 aliphatic rings. The SMILES string of the molecule is Cc1nc(C)c(CNS(=O)(=O)c2cccs2)s1. The van der Waals surface area contributed by atoms with Gasteiger partial charge in [-0.15, -0.1) is 22.7 Å². The second-order valence-electron chi connectivity index (χ2n) is 3.50. The number of nitrogens with one attached hydrogen (secondary N) is 1. The van der Waals surface area contributed by atoms with Crippen LogP contribution in [0.2, 0.25) is 0 Å². The maximum absolute atomic E-state index is 11.9. The van der Waals surface area contributed by atoms with E-state index in [9.17, 15) is 8.42 Å². The predicted molar refractivity (Wildman–Crippen MR) is 69.9 cm³/mol. The normalized spacial score (nSPS) is 11.9. The van der Waals surface area contributed by atoms with Crippen molar-refractivity contribution in [3.8, 4) is 0 Å². The van der Waals surface area contributed by atoms with E-state index in [1.807, 2.05) is 13.8 Å². The minimum absolute atomic E-state index is 0.303. The van der Waals surface area contributed by atoms with Crippen LogP contribution in [0, 0.1) is 13.8 Å². The maximum Gasteiger partial charge on any atom is 0.250 e. The molecular weight excluding hydrogens is 276 g/mol. The van der Waals surface area contributed by atoms with E-state index in [0.717, 1.165) is 15.6 Å². The summed E-state index contributed by atoms with van der Waals surface area (Å²) in [6.45, 7) is 4.10. The van der Waals surface area contributed by atoms with E-state index in [2.05, 4.69) is 9.71 Å². The monoisotopic (exact) mass is 288 g/mol. The van der Waals surface area contributed by atoms with Crippen molar-refractivity contribution in [1.29, 1.82) is 0 Å². The zero-order valence-corrected chi connectivity index (χ0v) is 11.9. The number of aryl methyl sites for hydroxylation is 2. The smallest absolute Gasteiger partial charge is 0.247 e. The Bertz CT molecular complexity index is 600. The minimum Gasteiger partial charge on any atom is -0.247 e. The molecule has 0 saturated heterocycles. The van der Waals surface area contributed by atoms with Gasteiger partial charge < -0.3 is 0 Å². The molecule has 92 valence electrons. The van der Waals surface area contributed by atoms with E-state index in [1.165, 1.54) is 22.7 Å². The zero-order valence-electron chi connectivity index (χ0n) is 9.43. The summed E-state index contributed by atoms with van der Waals surface area (Å²) in [5.74, 6) is 0. The molecule has 7 heteroatoms. The van der Waals surface area contributed by atoms with Crippen molar-refractivity contribution >= 4 is 32.7 Å². The molecule has 0 aliphatic heterocycles. The fourth-order valence-corrected chi connectivity index (χ4v) is 4.39. The summed E-state index contributed by atoms with van der Waals surface area (Å²) in [5.41, 5.74) is 0.890. The van der Waals surface area contributed by atoms with Crippen LogP contribution in [0.4, 0.5) is 0 Å². The molecule has 4 nitrogen and oxygen atoms in total. The van der Waals surface area contributed by atoms with Crippen LogP contribution >= 0.6 is 22.7 Å². The molecule has 0 unspecified atom stereocenters. The van der Waals surface area contributed by atoms with Crippen LogP contribution in [-0.2, 0) is 16.6 Å². The first-order valence-electron chi connectivity index (χ1n) is 4.95. The second-order valence-corrected chi connectivity index (χ2v) is 7.73. The Kier molecular flexibility index (Phi) is 3.62. The molecule has 2 aromatic heterocycles. The van der Waals surface area contributed by atoms with Crippen LogP contribution < -0.4 is 4.72 Å². The molecule has 0 aromatic carbocycles. The van der Waals surface area contributed by atoms with E-state index < -0.39 is 10.0 Å². The van der Waals surface area contributed by atoms with Crippen molar-refractivity contribution in [2.24, 2.45) is 0 Å². The van der Waals surface area contributed by atoms with Crippen LogP contribution in [0.3, 0.4) is 0 Å². The number of thiazole rings is 1. The fourth-order valence-electron chi connectivity index (χ4n) is 1.39. The van der Waals surface area contributed by atoms with Gasteiger partial charge in [0.1, 0.15) is 4.21 Å². The standard InChI is InChI=1S/C10H12N2O2S3/c1-7-9(16-8(2)12-7)6-11-17(13,14)10-4-3-5-15-10/h3-5,11H,6H2,1-2H3. The molecule has 17 heavy (non-hydrogen) atoms. The number of hydrogen-bond acceptors (Lipinski definition) is 5. The molecule has 0 radical (unpaired) electrons. The highest BCUT2D eigenvalue weighted by molar-refractivity contribution is 7.91. The largest absolute Gasteiger partial charge is 0.250 e. The molecular formula is C10H12N2O2S3. The Hall–Kier alpha value is -0.760. The first kappa shape index (κ1) is 12.7. The zero-order chi connectivity index (χ0) is 12.5. The fraction of sp³-hybridized carbons (Fsp3) is 0.300. The third kappa shape index (κ3) is 2.92. The summed E-state index contributed by atoms with van der Waals surface area (Å²) in [5, 5.41) is 2.70. The number of rotatable bonds is 4. The molecule has 0 bridgehead atoms. The van der Waals surface area contributed by atoms with E-state index >= 15 is 0 Å². The molecule has 0 fully saturated rings. The van der Waals surface area contributed by atoms with Crippen molar-refractivity contribution in [3.63, 3.8) is 0 Å². The van der Waals surface area contributed by atoms with E-state index in [1.54, 1.807) is 17.5 Å². The van der Waals surface area contributed by atoms with Gasteiger partial charge in [-0.1, -0.05) is 6.07 Å². The van der Waals surface area contributed by atoms with E-state index in [-0.39, 0.29) is 0 Å². The highest BCUT2D eigenvalue weighted by atomic mass is 32.2. The molecule has 0 atom stereocenters. The first-order chi connectivity index (χ1) is 7.99. The van der Waals surface area contributed by atoms with Crippen LogP contribution in [0.1, 0.15) is 15.6 Å². The van der Waals surface area contributed by atoms with Crippen molar-refractivity contribution in [2.75, 3.05) is 0 Å². The van der Waals surface area contributed by atoms with Crippen molar-refractivity contribution < 1.29 is 8.42 Å². The van der Waals surface area contributed by atoms with Crippen LogP contribution in [-0.4, -0.2) is 13.4 Å². The molecule has 0 amide bonds. The Morgan fingerprint density at radius 1 is 1.41 bits per heavy atom. The number of aromatic nitrogens is 1. The first-order valence-corrected chi connectivity index (χ1v) is 8.13. The third-order valence-corrected chi connectivity index (χ3v) is 6.05. The highest BCUT2D eigenvalue weighted by Gasteiger charge is 2.15. The molecule has 0 aliphatic carbocycles. The van der Waals surface area contributed by atoms with Crippen molar-refractivity contribution in [3.05, 3.63) is 33.1 Å². The number of hydrogen-bond donors (Lipinski definition) is 1. The van der Waals surface area contributed by atoms with Gasteiger partial charge in [0.25, 0.3) is 0 Å². The summed E-state index contributed by atoms with van der Waals surface area (Å²) in [7, 11) is -3.38. The number of nitrogens with zero attached hydrogens (tertiary/aromatic N) is 1. The topological polar surface area (TPSA) is 59.1 Å². The van der Waals surface area contributed by atoms with Crippen LogP contribution in [0.5, 0.6) is 0 Å². The van der Waals surface area contributed by atoms with Gasteiger partial charge in [0, 0.05) is 11.4 Å². The second kappa shape index (κ2) is 4.85. The molecule has 1 N–H and O–H groups in total. The number of thiophene rings is 1. The predicted octanol–water partition coefficient (Wildman–Crippen LogP) is 2.30. The van der Waals surface area contributed by atoms with Gasteiger partial charge in [0.15, 0.2) is 0 Å². The average Bonchev–Trinajstić information content (AvgIpc) is 2.85. The van der Waals surface area contributed by atoms with E-state index in [4.69, 9.17) is 0 Å². The molecule has 2 heterocycles. The highest BCUT2D eigenvalue weighted by Crippen LogP contribution is 2.19. The van der Waals surface area contributed by atoms with Crippen LogP contribution in [0.15, 0.2) is 21.7 Å². The van der Waals surface area contributed by atoms with Crippen LogP contribution in [0.25, 0.3) is 0 Å². The Morgan fingerprint density at radius 2 is 2.18 bits per heavy atom. The van der Waals surface area contributed by atoms with E-state index in [0.29, 0.717) is 10.8 Å². The summed E-state index contributed by atoms with van der Waals surface area (Å²) < 4.78 is 26.7. The van der Waals surface area contributed by atoms with Gasteiger partial charge in [-0.05, 0) is 25.3 Å². The van der Waals surface area contributed by atoms with Gasteiger partial charge in [0.2, 0.25) is 10.0 Å². The minimum atomic E-state index is -3.38. The van der Waals surface area contributed by atoms with Crippen molar-refractivity contribution in [1.82, 2.24) is 9.71 Å². The summed E-state index contributed by atoms with van der Waals surface area (Å²) in [4.78, 5) is 5.22. The Balaban J connectivity index is 2.11. The summed E-state index contributed by atoms with van der Waals surface area (Å²) in [6, 6.07) is 3.32. The lowest BCUT2D eigenvalue weighted by molar-refractivity contribution is 0.584. The molecule has 0 spiro atoms. The summed E-state index contributed by atoms with van der Waals surface area (Å²) in [6.07, 6.45) is 0. The summed E-state index contributed by atoms with van der Waals surface area (Å²) >= 11 is 2.73. The Morgan fingerprint density at radius 3 is 2.71 bits per heavy atom. The maximum atomic E-state index is 11.9. The lowest BCUT2D eigenvalue weighted by Gasteiger charge is -2.03. The molecule has 2 aromatic rings. The van der Waals surface area contributed by atoms with Gasteiger partial charge in [-0.3, -0.25) is 0 Å². The number of sulfonamides is 1. The average molecular weight is 288 g/mol. The van der Waals surface area contributed by atoms with Gasteiger partial charge >= 0.3 is 0 Å². The van der Waals surface area contributed by atoms with Gasteiger partial charge in [-0.2, -0.15) is 0 Å². The molecule has 2 rings (SSSR count).